The maximum atomic E-state index is 12.9. The zero-order valence-electron chi connectivity index (χ0n) is 17.9. The van der Waals surface area contributed by atoms with E-state index in [9.17, 15) is 9.59 Å². The Balaban J connectivity index is 1.35. The summed E-state index contributed by atoms with van der Waals surface area (Å²) in [5, 5.41) is 0. The third-order valence-corrected chi connectivity index (χ3v) is 6.64. The second-order valence-electron chi connectivity index (χ2n) is 8.81. The molecule has 30 heavy (non-hydrogen) atoms. The third-order valence-electron chi connectivity index (χ3n) is 6.64. The average molecular weight is 415 g/mol. The van der Waals surface area contributed by atoms with Crippen molar-refractivity contribution in [3.8, 4) is 5.75 Å². The Morgan fingerprint density at radius 3 is 2.50 bits per heavy atom. The summed E-state index contributed by atoms with van der Waals surface area (Å²) >= 11 is 0. The van der Waals surface area contributed by atoms with E-state index in [0.29, 0.717) is 71.2 Å². The van der Waals surface area contributed by atoms with Gasteiger partial charge in [-0.15, -0.1) is 0 Å². The van der Waals surface area contributed by atoms with Crippen molar-refractivity contribution in [1.29, 1.82) is 0 Å². The number of nitrogens with zero attached hydrogens (tertiary/aromatic N) is 2. The zero-order chi connectivity index (χ0) is 20.8. The van der Waals surface area contributed by atoms with Crippen LogP contribution >= 0.6 is 0 Å². The first-order chi connectivity index (χ1) is 14.7. The largest absolute Gasteiger partial charge is 0.491 e. The number of fused-ring (bicyclic) bond motifs is 1. The quantitative estimate of drug-likeness (QED) is 0.743. The number of ether oxygens (including phenoxy) is 2. The molecule has 164 valence electrons. The molecule has 2 heterocycles. The Kier molecular flexibility index (Phi) is 7.26. The number of morpholine rings is 1. The van der Waals surface area contributed by atoms with Crippen molar-refractivity contribution in [2.24, 2.45) is 5.92 Å². The van der Waals surface area contributed by atoms with E-state index < -0.39 is 0 Å². The molecule has 0 radical (unpaired) electrons. The van der Waals surface area contributed by atoms with Crippen LogP contribution in [0.1, 0.15) is 56.1 Å². The van der Waals surface area contributed by atoms with Crippen molar-refractivity contribution in [2.75, 3.05) is 39.5 Å². The monoisotopic (exact) mass is 414 g/mol. The van der Waals surface area contributed by atoms with Crippen LogP contribution in [0, 0.1) is 5.92 Å². The predicted molar refractivity (Wildman–Crippen MR) is 114 cm³/mol. The smallest absolute Gasteiger partial charge is 0.223 e. The highest BCUT2D eigenvalue weighted by Crippen LogP contribution is 2.29. The van der Waals surface area contributed by atoms with Gasteiger partial charge in [0.1, 0.15) is 12.4 Å². The fourth-order valence-electron chi connectivity index (χ4n) is 4.81. The molecule has 0 aromatic heterocycles. The van der Waals surface area contributed by atoms with Crippen LogP contribution in [0.3, 0.4) is 0 Å². The molecular weight excluding hydrogens is 380 g/mol. The molecule has 0 atom stereocenters. The number of benzene rings is 1. The molecule has 1 aromatic carbocycles. The maximum Gasteiger partial charge on any atom is 0.223 e. The second-order valence-corrected chi connectivity index (χ2v) is 8.81. The first kappa shape index (κ1) is 21.2. The Bertz CT molecular complexity index is 739. The minimum Gasteiger partial charge on any atom is -0.491 e. The fraction of sp³-hybridized carbons (Fsp3) is 0.667. The standard InChI is InChI=1S/C24H34N2O4/c27-23(25-10-13-29-14-11-25)9-7-20-6-8-22-21(16-20)18-26(12-15-30-22)24(28)17-19-4-2-1-3-5-19/h6,8,16,19H,1-5,7,9-15,17-18H2. The highest BCUT2D eigenvalue weighted by molar-refractivity contribution is 5.77. The number of hydrogen-bond acceptors (Lipinski definition) is 4. The Morgan fingerprint density at radius 1 is 0.933 bits per heavy atom. The molecule has 0 unspecified atom stereocenters. The molecule has 2 fully saturated rings. The van der Waals surface area contributed by atoms with Crippen molar-refractivity contribution in [1.82, 2.24) is 9.80 Å². The van der Waals surface area contributed by atoms with Gasteiger partial charge in [-0.3, -0.25) is 9.59 Å². The van der Waals surface area contributed by atoms with Crippen LogP contribution < -0.4 is 4.74 Å². The van der Waals surface area contributed by atoms with Crippen LogP contribution in [0.25, 0.3) is 0 Å². The lowest BCUT2D eigenvalue weighted by molar-refractivity contribution is -0.135. The molecule has 0 spiro atoms. The van der Waals surface area contributed by atoms with Crippen molar-refractivity contribution >= 4 is 11.8 Å². The van der Waals surface area contributed by atoms with E-state index in [0.717, 1.165) is 16.9 Å². The highest BCUT2D eigenvalue weighted by atomic mass is 16.5. The van der Waals surface area contributed by atoms with Crippen LogP contribution in [0.2, 0.25) is 0 Å². The molecule has 3 aliphatic rings. The first-order valence-corrected chi connectivity index (χ1v) is 11.6. The Labute approximate surface area is 179 Å². The lowest BCUT2D eigenvalue weighted by Gasteiger charge is -2.27. The van der Waals surface area contributed by atoms with E-state index in [1.54, 1.807) is 0 Å². The molecule has 0 bridgehead atoms. The van der Waals surface area contributed by atoms with E-state index in [1.165, 1.54) is 32.1 Å². The average Bonchev–Trinajstić information content (AvgIpc) is 3.01. The number of carbonyl (C=O) groups excluding carboxylic acids is 2. The predicted octanol–water partition coefficient (Wildman–Crippen LogP) is 3.17. The number of hydrogen-bond donors (Lipinski definition) is 0. The van der Waals surface area contributed by atoms with Crippen molar-refractivity contribution in [3.05, 3.63) is 29.3 Å². The van der Waals surface area contributed by atoms with Crippen LogP contribution in [-0.4, -0.2) is 61.1 Å². The summed E-state index contributed by atoms with van der Waals surface area (Å²) in [7, 11) is 0. The topological polar surface area (TPSA) is 59.1 Å². The fourth-order valence-corrected chi connectivity index (χ4v) is 4.81. The Morgan fingerprint density at radius 2 is 1.70 bits per heavy atom. The molecule has 2 aliphatic heterocycles. The molecule has 1 saturated heterocycles. The van der Waals surface area contributed by atoms with Gasteiger partial charge >= 0.3 is 0 Å². The normalized spacial score (nSPS) is 20.3. The van der Waals surface area contributed by atoms with Gasteiger partial charge in [-0.05, 0) is 36.8 Å². The molecule has 2 amide bonds. The SMILES string of the molecule is O=C(CCc1ccc2c(c1)CN(C(=O)CC1CCCCC1)CCO2)N1CCOCC1. The van der Waals surface area contributed by atoms with Crippen LogP contribution in [-0.2, 0) is 27.3 Å². The zero-order valence-corrected chi connectivity index (χ0v) is 17.9. The van der Waals surface area contributed by atoms with Gasteiger partial charge in [-0.25, -0.2) is 0 Å². The van der Waals surface area contributed by atoms with Crippen LogP contribution in [0.5, 0.6) is 5.75 Å². The first-order valence-electron chi connectivity index (χ1n) is 11.6. The molecule has 1 saturated carbocycles. The molecular formula is C24H34N2O4. The minimum atomic E-state index is 0.189. The van der Waals surface area contributed by atoms with E-state index in [4.69, 9.17) is 9.47 Å². The third kappa shape index (κ3) is 5.54. The number of rotatable bonds is 5. The number of aryl methyl sites for hydroxylation is 1. The number of carbonyl (C=O) groups is 2. The van der Waals surface area contributed by atoms with Gasteiger partial charge in [0, 0.05) is 38.0 Å². The summed E-state index contributed by atoms with van der Waals surface area (Å²) in [6.45, 7) is 4.43. The van der Waals surface area contributed by atoms with E-state index in [2.05, 4.69) is 6.07 Å². The van der Waals surface area contributed by atoms with Gasteiger partial charge in [0.15, 0.2) is 0 Å². The number of amides is 2. The maximum absolute atomic E-state index is 12.9. The molecule has 1 aliphatic carbocycles. The van der Waals surface area contributed by atoms with E-state index in [1.807, 2.05) is 21.9 Å². The summed E-state index contributed by atoms with van der Waals surface area (Å²) in [5.41, 5.74) is 2.18. The summed E-state index contributed by atoms with van der Waals surface area (Å²) in [5.74, 6) is 1.86. The van der Waals surface area contributed by atoms with Gasteiger partial charge < -0.3 is 19.3 Å². The molecule has 0 N–H and O–H groups in total. The van der Waals surface area contributed by atoms with Gasteiger partial charge in [0.25, 0.3) is 0 Å². The van der Waals surface area contributed by atoms with Gasteiger partial charge in [-0.2, -0.15) is 0 Å². The van der Waals surface area contributed by atoms with E-state index in [-0.39, 0.29) is 11.8 Å². The van der Waals surface area contributed by atoms with Crippen molar-refractivity contribution < 1.29 is 19.1 Å². The molecule has 4 rings (SSSR count). The van der Waals surface area contributed by atoms with Gasteiger partial charge in [0.05, 0.1) is 19.8 Å². The summed E-state index contributed by atoms with van der Waals surface area (Å²) in [6, 6.07) is 6.16. The Hall–Kier alpha value is -2.08. The van der Waals surface area contributed by atoms with Crippen LogP contribution in [0.4, 0.5) is 0 Å². The van der Waals surface area contributed by atoms with Gasteiger partial charge in [-0.1, -0.05) is 31.4 Å². The molecule has 6 nitrogen and oxygen atoms in total. The summed E-state index contributed by atoms with van der Waals surface area (Å²) < 4.78 is 11.2. The second kappa shape index (κ2) is 10.3. The molecule has 6 heteroatoms. The summed E-state index contributed by atoms with van der Waals surface area (Å²) in [6.07, 6.45) is 8.09. The lowest BCUT2D eigenvalue weighted by atomic mass is 9.86. The minimum absolute atomic E-state index is 0.189. The van der Waals surface area contributed by atoms with Gasteiger partial charge in [0.2, 0.25) is 11.8 Å². The van der Waals surface area contributed by atoms with Crippen LogP contribution in [0.15, 0.2) is 18.2 Å². The van der Waals surface area contributed by atoms with E-state index >= 15 is 0 Å². The summed E-state index contributed by atoms with van der Waals surface area (Å²) in [4.78, 5) is 29.2. The van der Waals surface area contributed by atoms with Crippen molar-refractivity contribution in [2.45, 2.75) is 57.9 Å². The lowest BCUT2D eigenvalue weighted by Crippen LogP contribution is -2.40. The van der Waals surface area contributed by atoms with Crippen molar-refractivity contribution in [3.63, 3.8) is 0 Å². The molecule has 1 aromatic rings. The highest BCUT2D eigenvalue weighted by Gasteiger charge is 2.24.